The van der Waals surface area contributed by atoms with Gasteiger partial charge in [0.1, 0.15) is 0 Å². The molecule has 3 amide bonds. The lowest BCUT2D eigenvalue weighted by molar-refractivity contribution is -0.133. The number of nitrogens with one attached hydrogen (secondary N) is 1. The molecule has 208 valence electrons. The van der Waals surface area contributed by atoms with Crippen molar-refractivity contribution in [3.63, 3.8) is 0 Å². The van der Waals surface area contributed by atoms with Crippen LogP contribution in [0.4, 0.5) is 4.79 Å². The Morgan fingerprint density at radius 3 is 1.71 bits per heavy atom. The smallest absolute Gasteiger partial charge is 0.330 e. The highest BCUT2D eigenvalue weighted by atomic mass is 31.2. The van der Waals surface area contributed by atoms with Crippen LogP contribution in [-0.4, -0.2) is 64.5 Å². The SMILES string of the molecule is CCCCCCCCCCCCCCCCOC[C@H](CCP(=O)(OC)OC)C(=O)N(C)C(=O)NC. The van der Waals surface area contributed by atoms with Gasteiger partial charge >= 0.3 is 13.6 Å². The number of imide groups is 1. The third kappa shape index (κ3) is 17.2. The number of unbranched alkanes of at least 4 members (excludes halogenated alkanes) is 13. The van der Waals surface area contributed by atoms with Crippen molar-refractivity contribution in [1.82, 2.24) is 10.2 Å². The maximum absolute atomic E-state index is 12.7. The summed E-state index contributed by atoms with van der Waals surface area (Å²) >= 11 is 0. The molecule has 0 radical (unpaired) electrons. The molecule has 0 aromatic carbocycles. The molecular formula is C26H53N2O6P. The van der Waals surface area contributed by atoms with E-state index in [9.17, 15) is 14.2 Å². The average Bonchev–Trinajstić information content (AvgIpc) is 2.88. The third-order valence-corrected chi connectivity index (χ3v) is 8.39. The summed E-state index contributed by atoms with van der Waals surface area (Å²) in [5.74, 6) is -0.966. The highest BCUT2D eigenvalue weighted by molar-refractivity contribution is 7.53. The zero-order valence-corrected chi connectivity index (χ0v) is 24.0. The summed E-state index contributed by atoms with van der Waals surface area (Å²) in [4.78, 5) is 25.6. The summed E-state index contributed by atoms with van der Waals surface area (Å²) in [5, 5.41) is 2.44. The van der Waals surface area contributed by atoms with Gasteiger partial charge in [-0.3, -0.25) is 14.3 Å². The molecule has 0 aromatic rings. The fourth-order valence-corrected chi connectivity index (χ4v) is 5.16. The van der Waals surface area contributed by atoms with E-state index < -0.39 is 19.5 Å². The summed E-state index contributed by atoms with van der Waals surface area (Å²) in [6, 6.07) is -0.492. The Bertz CT molecular complexity index is 582. The zero-order chi connectivity index (χ0) is 26.4. The van der Waals surface area contributed by atoms with Crippen LogP contribution in [0.15, 0.2) is 0 Å². The van der Waals surface area contributed by atoms with Gasteiger partial charge < -0.3 is 19.1 Å². The Hall–Kier alpha value is -0.950. The Morgan fingerprint density at radius 1 is 0.829 bits per heavy atom. The predicted molar refractivity (Wildman–Crippen MR) is 143 cm³/mol. The lowest BCUT2D eigenvalue weighted by atomic mass is 10.0. The van der Waals surface area contributed by atoms with Gasteiger partial charge in [-0.1, -0.05) is 90.4 Å². The fraction of sp³-hybridized carbons (Fsp3) is 0.923. The second kappa shape index (κ2) is 22.3. The molecule has 35 heavy (non-hydrogen) atoms. The van der Waals surface area contributed by atoms with Crippen molar-refractivity contribution in [2.75, 3.05) is 47.7 Å². The number of ether oxygens (including phenoxy) is 1. The Kier molecular flexibility index (Phi) is 21.7. The minimum absolute atomic E-state index is 0.0835. The molecule has 0 aliphatic carbocycles. The molecule has 0 saturated heterocycles. The third-order valence-electron chi connectivity index (χ3n) is 6.47. The first-order valence-electron chi connectivity index (χ1n) is 13.6. The molecule has 8 nitrogen and oxygen atoms in total. The van der Waals surface area contributed by atoms with Crippen LogP contribution in [0.25, 0.3) is 0 Å². The van der Waals surface area contributed by atoms with Gasteiger partial charge in [-0.15, -0.1) is 0 Å². The number of nitrogens with zero attached hydrogens (tertiary/aromatic N) is 1. The Labute approximate surface area is 214 Å². The molecule has 0 saturated carbocycles. The van der Waals surface area contributed by atoms with E-state index in [2.05, 4.69) is 12.2 Å². The van der Waals surface area contributed by atoms with Gasteiger partial charge in [0, 0.05) is 34.9 Å². The van der Waals surface area contributed by atoms with Gasteiger partial charge in [0.2, 0.25) is 5.91 Å². The number of hydrogen-bond acceptors (Lipinski definition) is 6. The van der Waals surface area contributed by atoms with Crippen molar-refractivity contribution in [3.8, 4) is 0 Å². The number of carbonyl (C=O) groups is 2. The number of hydrogen-bond donors (Lipinski definition) is 1. The van der Waals surface area contributed by atoms with Gasteiger partial charge in [-0.05, 0) is 12.8 Å². The summed E-state index contributed by atoms with van der Waals surface area (Å²) in [6.07, 6.45) is 18.5. The van der Waals surface area contributed by atoms with E-state index in [-0.39, 0.29) is 25.1 Å². The summed E-state index contributed by atoms with van der Waals surface area (Å²) in [6.45, 7) is 3.00. The van der Waals surface area contributed by atoms with E-state index in [1.807, 2.05) is 0 Å². The predicted octanol–water partition coefficient (Wildman–Crippen LogP) is 6.77. The second-order valence-electron chi connectivity index (χ2n) is 9.31. The van der Waals surface area contributed by atoms with Crippen LogP contribution in [0, 0.1) is 5.92 Å². The standard InChI is InChI=1S/C26H53N2O6P/c1-6-7-8-9-10-11-12-13-14-15-16-17-18-19-21-34-23-24(20-22-35(31,32-4)33-5)25(29)28(3)26(30)27-2/h24H,6-23H2,1-5H3,(H,27,30)/t24-/m0/s1. The van der Waals surface area contributed by atoms with Gasteiger partial charge in [0.05, 0.1) is 18.7 Å². The molecule has 0 rings (SSSR count). The normalized spacial score (nSPS) is 12.5. The molecule has 0 unspecified atom stereocenters. The topological polar surface area (TPSA) is 94.2 Å². The van der Waals surface area contributed by atoms with Crippen LogP contribution in [0.5, 0.6) is 0 Å². The number of urea groups is 1. The minimum Gasteiger partial charge on any atom is -0.381 e. The van der Waals surface area contributed by atoms with Crippen molar-refractivity contribution in [2.45, 2.75) is 103 Å². The molecule has 0 bridgehead atoms. The van der Waals surface area contributed by atoms with Crippen LogP contribution in [0.3, 0.4) is 0 Å². The lowest BCUT2D eigenvalue weighted by Crippen LogP contribution is -2.43. The van der Waals surface area contributed by atoms with Crippen LogP contribution >= 0.6 is 7.60 Å². The fourth-order valence-electron chi connectivity index (χ4n) is 4.02. The van der Waals surface area contributed by atoms with Crippen molar-refractivity contribution >= 4 is 19.5 Å². The lowest BCUT2D eigenvalue weighted by Gasteiger charge is -2.23. The van der Waals surface area contributed by atoms with Crippen molar-refractivity contribution < 1.29 is 27.9 Å². The maximum atomic E-state index is 12.7. The number of amides is 3. The number of rotatable bonds is 23. The monoisotopic (exact) mass is 520 g/mol. The van der Waals surface area contributed by atoms with E-state index in [0.717, 1.165) is 17.7 Å². The minimum atomic E-state index is -3.24. The molecular weight excluding hydrogens is 467 g/mol. The van der Waals surface area contributed by atoms with Gasteiger partial charge in [-0.25, -0.2) is 4.79 Å². The molecule has 1 N–H and O–H groups in total. The summed E-state index contributed by atoms with van der Waals surface area (Å²) < 4.78 is 28.1. The second-order valence-corrected chi connectivity index (χ2v) is 11.7. The van der Waals surface area contributed by atoms with E-state index in [4.69, 9.17) is 13.8 Å². The van der Waals surface area contributed by atoms with Crippen LogP contribution in [0.2, 0.25) is 0 Å². The molecule has 0 fully saturated rings. The van der Waals surface area contributed by atoms with Gasteiger partial charge in [0.15, 0.2) is 0 Å². The molecule has 1 atom stereocenters. The highest BCUT2D eigenvalue weighted by Crippen LogP contribution is 2.47. The van der Waals surface area contributed by atoms with E-state index in [0.29, 0.717) is 6.61 Å². The van der Waals surface area contributed by atoms with E-state index >= 15 is 0 Å². The molecule has 0 aromatic heterocycles. The molecule has 9 heteroatoms. The molecule has 0 spiro atoms. The summed E-state index contributed by atoms with van der Waals surface area (Å²) in [5.41, 5.74) is 0. The van der Waals surface area contributed by atoms with E-state index in [1.54, 1.807) is 0 Å². The van der Waals surface area contributed by atoms with Crippen LogP contribution in [0.1, 0.15) is 103 Å². The van der Waals surface area contributed by atoms with Crippen LogP contribution < -0.4 is 5.32 Å². The highest BCUT2D eigenvalue weighted by Gasteiger charge is 2.30. The average molecular weight is 521 g/mol. The van der Waals surface area contributed by atoms with Crippen molar-refractivity contribution in [3.05, 3.63) is 0 Å². The van der Waals surface area contributed by atoms with Gasteiger partial charge in [-0.2, -0.15) is 0 Å². The first kappa shape index (κ1) is 34.0. The zero-order valence-electron chi connectivity index (χ0n) is 23.1. The first-order valence-corrected chi connectivity index (χ1v) is 15.4. The molecule has 0 heterocycles. The first-order chi connectivity index (χ1) is 16.8. The number of carbonyl (C=O) groups excluding carboxylic acids is 2. The van der Waals surface area contributed by atoms with Gasteiger partial charge in [0.25, 0.3) is 0 Å². The molecule has 0 aliphatic rings. The maximum Gasteiger partial charge on any atom is 0.330 e. The quantitative estimate of drug-likeness (QED) is 0.118. The molecule has 0 aliphatic heterocycles. The van der Waals surface area contributed by atoms with E-state index in [1.165, 1.54) is 105 Å². The van der Waals surface area contributed by atoms with Crippen molar-refractivity contribution in [1.29, 1.82) is 0 Å². The largest absolute Gasteiger partial charge is 0.381 e. The Morgan fingerprint density at radius 2 is 1.29 bits per heavy atom. The van der Waals surface area contributed by atoms with Crippen molar-refractivity contribution in [2.24, 2.45) is 5.92 Å². The van der Waals surface area contributed by atoms with Crippen LogP contribution in [-0.2, 0) is 23.1 Å². The summed E-state index contributed by atoms with van der Waals surface area (Å²) in [7, 11) is 2.30. The Balaban J connectivity index is 4.05.